The number of sulfonamides is 1. The Balaban J connectivity index is 1.62. The Morgan fingerprint density at radius 3 is 2.26 bits per heavy atom. The highest BCUT2D eigenvalue weighted by Crippen LogP contribution is 2.22. The van der Waals surface area contributed by atoms with Crippen molar-refractivity contribution in [2.45, 2.75) is 4.90 Å². The lowest BCUT2D eigenvalue weighted by molar-refractivity contribution is 0.0773. The van der Waals surface area contributed by atoms with E-state index in [1.165, 1.54) is 40.5 Å². The third-order valence-corrected chi connectivity index (χ3v) is 6.75. The molecule has 0 radical (unpaired) electrons. The topological polar surface area (TPSA) is 66.9 Å². The lowest BCUT2D eigenvalue weighted by atomic mass is 10.2. The second kappa shape index (κ2) is 9.85. The van der Waals surface area contributed by atoms with E-state index in [-0.39, 0.29) is 10.8 Å². The monoisotopic (exact) mass is 458 g/mol. The number of hydrogen-bond acceptors (Lipinski definition) is 4. The van der Waals surface area contributed by atoms with Gasteiger partial charge in [0.2, 0.25) is 0 Å². The number of benzene rings is 3. The van der Waals surface area contributed by atoms with Crippen molar-refractivity contribution >= 4 is 33.2 Å². The number of ether oxygens (including phenoxy) is 1. The van der Waals surface area contributed by atoms with Crippen LogP contribution in [0, 0.1) is 0 Å². The lowest BCUT2D eigenvalue weighted by Gasteiger charge is -2.20. The minimum atomic E-state index is -3.73. The summed E-state index contributed by atoms with van der Waals surface area (Å²) in [4.78, 5) is 14.3. The van der Waals surface area contributed by atoms with Crippen LogP contribution in [-0.2, 0) is 10.0 Å². The van der Waals surface area contributed by atoms with Crippen LogP contribution in [0.2, 0.25) is 5.02 Å². The second-order valence-corrected chi connectivity index (χ2v) is 9.27. The number of carbonyl (C=O) groups excluding carboxylic acids is 1. The fourth-order valence-electron chi connectivity index (χ4n) is 2.88. The largest absolute Gasteiger partial charge is 0.492 e. The first-order valence-electron chi connectivity index (χ1n) is 9.57. The maximum absolute atomic E-state index is 12.9. The molecule has 0 atom stereocenters. The maximum atomic E-state index is 12.9. The second-order valence-electron chi connectivity index (χ2n) is 6.87. The number of amides is 1. The molecule has 6 nitrogen and oxygen atoms in total. The van der Waals surface area contributed by atoms with Crippen LogP contribution < -0.4 is 9.04 Å². The van der Waals surface area contributed by atoms with Crippen LogP contribution in [0.4, 0.5) is 5.69 Å². The Morgan fingerprint density at radius 2 is 1.61 bits per heavy atom. The van der Waals surface area contributed by atoms with Gasteiger partial charge in [0.05, 0.1) is 17.1 Å². The zero-order valence-corrected chi connectivity index (χ0v) is 18.8. The molecule has 0 bridgehead atoms. The fraction of sp³-hybridized carbons (Fsp3) is 0.174. The minimum absolute atomic E-state index is 0.113. The maximum Gasteiger partial charge on any atom is 0.264 e. The molecule has 31 heavy (non-hydrogen) atoms. The van der Waals surface area contributed by atoms with E-state index in [9.17, 15) is 13.2 Å². The van der Waals surface area contributed by atoms with E-state index >= 15 is 0 Å². The smallest absolute Gasteiger partial charge is 0.264 e. The van der Waals surface area contributed by atoms with Gasteiger partial charge in [-0.1, -0.05) is 35.9 Å². The van der Waals surface area contributed by atoms with Crippen molar-refractivity contribution < 1.29 is 17.9 Å². The Kier molecular flexibility index (Phi) is 7.20. The molecule has 0 saturated heterocycles. The number of anilines is 1. The molecule has 0 aliphatic rings. The van der Waals surface area contributed by atoms with Crippen LogP contribution in [0.5, 0.6) is 5.75 Å². The predicted molar refractivity (Wildman–Crippen MR) is 122 cm³/mol. The average Bonchev–Trinajstić information content (AvgIpc) is 2.78. The Bertz CT molecular complexity index is 1140. The summed E-state index contributed by atoms with van der Waals surface area (Å²) in [5, 5.41) is 0.579. The summed E-state index contributed by atoms with van der Waals surface area (Å²) in [6.07, 6.45) is 0. The number of carbonyl (C=O) groups is 1. The van der Waals surface area contributed by atoms with Gasteiger partial charge in [0.25, 0.3) is 15.9 Å². The van der Waals surface area contributed by atoms with Gasteiger partial charge in [0.15, 0.2) is 0 Å². The first-order chi connectivity index (χ1) is 14.8. The summed E-state index contributed by atoms with van der Waals surface area (Å²) in [5.74, 6) is 0.403. The van der Waals surface area contributed by atoms with Gasteiger partial charge in [-0.15, -0.1) is 0 Å². The molecule has 0 aromatic heterocycles. The van der Waals surface area contributed by atoms with Gasteiger partial charge in [0.1, 0.15) is 12.4 Å². The van der Waals surface area contributed by atoms with E-state index in [0.29, 0.717) is 35.2 Å². The molecule has 3 aromatic rings. The molecule has 1 amide bonds. The van der Waals surface area contributed by atoms with Crippen molar-refractivity contribution in [1.82, 2.24) is 4.90 Å². The van der Waals surface area contributed by atoms with Crippen molar-refractivity contribution in [1.29, 1.82) is 0 Å². The van der Waals surface area contributed by atoms with Gasteiger partial charge in [-0.2, -0.15) is 0 Å². The number of likely N-dealkylation sites (N-methyl/N-ethyl adjacent to an activating group) is 1. The van der Waals surface area contributed by atoms with Gasteiger partial charge in [-0.3, -0.25) is 9.10 Å². The first-order valence-corrected chi connectivity index (χ1v) is 11.4. The SMILES string of the molecule is CN(CCOc1cccc(Cl)c1)C(=O)c1ccc(S(=O)(=O)N(C)c2ccccc2)cc1. The van der Waals surface area contributed by atoms with Crippen molar-refractivity contribution in [3.05, 3.63) is 89.4 Å². The van der Waals surface area contributed by atoms with E-state index in [4.69, 9.17) is 16.3 Å². The van der Waals surface area contributed by atoms with Crippen LogP contribution in [0.3, 0.4) is 0 Å². The van der Waals surface area contributed by atoms with Gasteiger partial charge in [-0.05, 0) is 54.6 Å². The highest BCUT2D eigenvalue weighted by atomic mass is 35.5. The standard InChI is InChI=1S/C23H23ClN2O4S/c1-25(15-16-30-21-10-6-7-19(24)17-21)23(27)18-11-13-22(14-12-18)31(28,29)26(2)20-8-4-3-5-9-20/h3-14,17H,15-16H2,1-2H3. The zero-order valence-electron chi connectivity index (χ0n) is 17.2. The van der Waals surface area contributed by atoms with E-state index in [2.05, 4.69) is 0 Å². The number of rotatable bonds is 8. The summed E-state index contributed by atoms with van der Waals surface area (Å²) in [7, 11) is -0.564. The average molecular weight is 459 g/mol. The van der Waals surface area contributed by atoms with E-state index in [1.54, 1.807) is 55.6 Å². The molecule has 0 heterocycles. The number of hydrogen-bond donors (Lipinski definition) is 0. The summed E-state index contributed by atoms with van der Waals surface area (Å²) >= 11 is 5.93. The zero-order chi connectivity index (χ0) is 22.4. The minimum Gasteiger partial charge on any atom is -0.492 e. The molecule has 3 aromatic carbocycles. The third kappa shape index (κ3) is 5.57. The van der Waals surface area contributed by atoms with Crippen LogP contribution in [0.25, 0.3) is 0 Å². The highest BCUT2D eigenvalue weighted by Gasteiger charge is 2.22. The molecule has 0 aliphatic carbocycles. The molecule has 0 spiro atoms. The number of nitrogens with zero attached hydrogens (tertiary/aromatic N) is 2. The number of halogens is 1. The molecular weight excluding hydrogens is 436 g/mol. The fourth-order valence-corrected chi connectivity index (χ4v) is 4.26. The molecule has 0 fully saturated rings. The third-order valence-electron chi connectivity index (χ3n) is 4.72. The quantitative estimate of drug-likeness (QED) is 0.504. The van der Waals surface area contributed by atoms with E-state index in [1.807, 2.05) is 6.07 Å². The van der Waals surface area contributed by atoms with Crippen LogP contribution in [0.1, 0.15) is 10.4 Å². The Morgan fingerprint density at radius 1 is 0.935 bits per heavy atom. The van der Waals surface area contributed by atoms with Gasteiger partial charge >= 0.3 is 0 Å². The lowest BCUT2D eigenvalue weighted by Crippen LogP contribution is -2.31. The Hall–Kier alpha value is -3.03. The van der Waals surface area contributed by atoms with Crippen molar-refractivity contribution in [3.8, 4) is 5.75 Å². The predicted octanol–water partition coefficient (Wildman–Crippen LogP) is 4.32. The molecular formula is C23H23ClN2O4S. The van der Waals surface area contributed by atoms with Crippen molar-refractivity contribution in [2.75, 3.05) is 31.6 Å². The molecule has 0 saturated carbocycles. The van der Waals surface area contributed by atoms with Crippen molar-refractivity contribution in [3.63, 3.8) is 0 Å². The summed E-state index contributed by atoms with van der Waals surface area (Å²) < 4.78 is 32.5. The summed E-state index contributed by atoms with van der Waals surface area (Å²) in [5.41, 5.74) is 0.952. The molecule has 0 aliphatic heterocycles. The number of para-hydroxylation sites is 1. The van der Waals surface area contributed by atoms with Crippen LogP contribution in [-0.4, -0.2) is 46.5 Å². The molecule has 0 unspecified atom stereocenters. The van der Waals surface area contributed by atoms with Crippen LogP contribution >= 0.6 is 11.6 Å². The molecule has 0 N–H and O–H groups in total. The molecule has 3 rings (SSSR count). The van der Waals surface area contributed by atoms with E-state index < -0.39 is 10.0 Å². The van der Waals surface area contributed by atoms with Gasteiger partial charge in [0, 0.05) is 24.7 Å². The normalized spacial score (nSPS) is 11.1. The van der Waals surface area contributed by atoms with Gasteiger partial charge < -0.3 is 9.64 Å². The summed E-state index contributed by atoms with van der Waals surface area (Å²) in [6, 6.07) is 21.8. The van der Waals surface area contributed by atoms with Crippen molar-refractivity contribution in [2.24, 2.45) is 0 Å². The van der Waals surface area contributed by atoms with Gasteiger partial charge in [-0.25, -0.2) is 8.42 Å². The van der Waals surface area contributed by atoms with Crippen LogP contribution in [0.15, 0.2) is 83.8 Å². The highest BCUT2D eigenvalue weighted by molar-refractivity contribution is 7.92. The first kappa shape index (κ1) is 22.7. The molecule has 162 valence electrons. The molecule has 8 heteroatoms. The Labute approximate surface area is 187 Å². The summed E-state index contributed by atoms with van der Waals surface area (Å²) in [6.45, 7) is 0.666. The van der Waals surface area contributed by atoms with E-state index in [0.717, 1.165) is 0 Å².